The number of aryl methyl sites for hydroxylation is 1. The monoisotopic (exact) mass is 482 g/mol. The standard InChI is InChI=1S/C29H42N2O4/c1-19-7-10-27(34-6)26(15-19)31-13-11-30(12-14-31)18-21(3)24-9-8-22(4)29(33)17-28(35-23(5)32)20(2)16-25(24)29/h7,10,15-16,21-22,24-25,28,33H,8-9,11-14,18H2,1-6H3/t21-,22-,24+,25-,28-,29-/m1/s1. The van der Waals surface area contributed by atoms with E-state index in [0.717, 1.165) is 56.9 Å². The van der Waals surface area contributed by atoms with Gasteiger partial charge in [0.15, 0.2) is 0 Å². The van der Waals surface area contributed by atoms with E-state index in [2.05, 4.69) is 61.3 Å². The first-order valence-corrected chi connectivity index (χ1v) is 13.1. The fourth-order valence-electron chi connectivity index (χ4n) is 6.37. The minimum Gasteiger partial charge on any atom is -0.495 e. The minimum absolute atomic E-state index is 0.00547. The first-order valence-electron chi connectivity index (χ1n) is 13.1. The Kier molecular flexibility index (Phi) is 7.82. The van der Waals surface area contributed by atoms with E-state index in [4.69, 9.17) is 9.47 Å². The van der Waals surface area contributed by atoms with E-state index < -0.39 is 11.7 Å². The molecule has 2 radical (unpaired) electrons. The van der Waals surface area contributed by atoms with Crippen LogP contribution in [0.2, 0.25) is 0 Å². The summed E-state index contributed by atoms with van der Waals surface area (Å²) in [5.41, 5.74) is 2.35. The largest absolute Gasteiger partial charge is 0.495 e. The van der Waals surface area contributed by atoms with Crippen LogP contribution in [0.4, 0.5) is 5.69 Å². The molecule has 192 valence electrons. The zero-order valence-electron chi connectivity index (χ0n) is 22.2. The number of benzene rings is 1. The van der Waals surface area contributed by atoms with Gasteiger partial charge in [-0.15, -0.1) is 0 Å². The van der Waals surface area contributed by atoms with Gasteiger partial charge in [-0.05, 0) is 67.7 Å². The van der Waals surface area contributed by atoms with Crippen LogP contribution in [0.25, 0.3) is 0 Å². The molecule has 2 aliphatic carbocycles. The van der Waals surface area contributed by atoms with Crippen LogP contribution >= 0.6 is 0 Å². The zero-order chi connectivity index (χ0) is 25.3. The van der Waals surface area contributed by atoms with E-state index in [1.165, 1.54) is 18.2 Å². The summed E-state index contributed by atoms with van der Waals surface area (Å²) in [6.45, 7) is 15.0. The fraction of sp³-hybridized carbons (Fsp3) is 0.655. The van der Waals surface area contributed by atoms with E-state index in [9.17, 15) is 9.90 Å². The van der Waals surface area contributed by atoms with Crippen molar-refractivity contribution in [3.05, 3.63) is 41.8 Å². The van der Waals surface area contributed by atoms with Crippen LogP contribution in [-0.4, -0.2) is 67.5 Å². The molecule has 35 heavy (non-hydrogen) atoms. The van der Waals surface area contributed by atoms with Gasteiger partial charge in [-0.25, -0.2) is 0 Å². The van der Waals surface area contributed by atoms with E-state index in [1.807, 2.05) is 6.92 Å². The van der Waals surface area contributed by atoms with Gasteiger partial charge in [0.05, 0.1) is 24.8 Å². The van der Waals surface area contributed by atoms with Gasteiger partial charge in [-0.2, -0.15) is 0 Å². The van der Waals surface area contributed by atoms with Crippen LogP contribution in [0.5, 0.6) is 5.75 Å². The summed E-state index contributed by atoms with van der Waals surface area (Å²) in [6, 6.07) is 6.37. The van der Waals surface area contributed by atoms with Crippen molar-refractivity contribution in [1.29, 1.82) is 0 Å². The maximum Gasteiger partial charge on any atom is 0.303 e. The summed E-state index contributed by atoms with van der Waals surface area (Å²) >= 11 is 0. The average Bonchev–Trinajstić information content (AvgIpc) is 2.81. The van der Waals surface area contributed by atoms with Gasteiger partial charge in [0.1, 0.15) is 11.9 Å². The van der Waals surface area contributed by atoms with Gasteiger partial charge >= 0.3 is 5.97 Å². The van der Waals surface area contributed by atoms with Crippen molar-refractivity contribution < 1.29 is 19.4 Å². The molecule has 0 aromatic heterocycles. The lowest BCUT2D eigenvalue weighted by Crippen LogP contribution is -2.57. The molecule has 1 N–H and O–H groups in total. The van der Waals surface area contributed by atoms with Crippen LogP contribution in [0.1, 0.15) is 46.1 Å². The molecule has 1 saturated carbocycles. The lowest BCUT2D eigenvalue weighted by Gasteiger charge is -2.53. The molecule has 3 aliphatic rings. The third-order valence-corrected chi connectivity index (χ3v) is 8.48. The van der Waals surface area contributed by atoms with E-state index >= 15 is 0 Å². The zero-order valence-corrected chi connectivity index (χ0v) is 22.2. The Morgan fingerprint density at radius 2 is 1.94 bits per heavy atom. The van der Waals surface area contributed by atoms with Gasteiger partial charge in [0.2, 0.25) is 0 Å². The Labute approximate surface area is 211 Å². The second-order valence-corrected chi connectivity index (χ2v) is 11.0. The van der Waals surface area contributed by atoms with Crippen LogP contribution in [0.15, 0.2) is 29.8 Å². The van der Waals surface area contributed by atoms with Gasteiger partial charge in [-0.1, -0.05) is 26.0 Å². The number of methoxy groups -OCH3 is 1. The van der Waals surface area contributed by atoms with Crippen LogP contribution < -0.4 is 9.64 Å². The number of carbonyl (C=O) groups is 1. The number of carbonyl (C=O) groups excluding carboxylic acids is 1. The molecule has 1 heterocycles. The lowest BCUT2D eigenvalue weighted by molar-refractivity contribution is -0.148. The van der Waals surface area contributed by atoms with Crippen molar-refractivity contribution >= 4 is 11.7 Å². The number of anilines is 1. The third-order valence-electron chi connectivity index (χ3n) is 8.48. The molecule has 0 spiro atoms. The maximum absolute atomic E-state index is 11.7. The normalized spacial score (nSPS) is 32.4. The molecular formula is C29H42N2O4. The number of fused-ring (bicyclic) bond motifs is 1. The van der Waals surface area contributed by atoms with Crippen molar-refractivity contribution in [2.75, 3.05) is 44.7 Å². The summed E-state index contributed by atoms with van der Waals surface area (Å²) in [6.07, 6.45) is 6.96. The molecule has 2 fully saturated rings. The number of aliphatic hydroxyl groups is 1. The van der Waals surface area contributed by atoms with Gasteiger partial charge in [-0.3, -0.25) is 9.69 Å². The third kappa shape index (κ3) is 5.39. The molecule has 0 unspecified atom stereocenters. The molecule has 1 aromatic carbocycles. The topological polar surface area (TPSA) is 62.2 Å². The first-order chi connectivity index (χ1) is 16.6. The number of piperazine rings is 1. The Bertz CT molecular complexity index is 939. The summed E-state index contributed by atoms with van der Waals surface area (Å²) in [5, 5.41) is 11.7. The number of nitrogens with zero attached hydrogens (tertiary/aromatic N) is 2. The van der Waals surface area contributed by atoms with E-state index in [0.29, 0.717) is 11.8 Å². The van der Waals surface area contributed by atoms with Gasteiger partial charge in [0.25, 0.3) is 0 Å². The lowest BCUT2D eigenvalue weighted by atomic mass is 9.57. The molecular weight excluding hydrogens is 440 g/mol. The number of hydrogen-bond acceptors (Lipinski definition) is 6. The summed E-state index contributed by atoms with van der Waals surface area (Å²) < 4.78 is 11.1. The predicted octanol–water partition coefficient (Wildman–Crippen LogP) is 4.13. The van der Waals surface area contributed by atoms with Crippen LogP contribution in [0.3, 0.4) is 0 Å². The fourth-order valence-corrected chi connectivity index (χ4v) is 6.37. The van der Waals surface area contributed by atoms with Crippen LogP contribution in [-0.2, 0) is 9.53 Å². The Balaban J connectivity index is 1.41. The molecule has 0 bridgehead atoms. The second kappa shape index (κ2) is 10.5. The molecule has 1 aliphatic heterocycles. The Hall–Kier alpha value is -2.05. The van der Waals surface area contributed by atoms with Crippen molar-refractivity contribution in [1.82, 2.24) is 4.90 Å². The molecule has 6 heteroatoms. The number of rotatable bonds is 6. The van der Waals surface area contributed by atoms with Gasteiger partial charge < -0.3 is 19.5 Å². The highest BCUT2D eigenvalue weighted by Gasteiger charge is 2.53. The number of ether oxygens (including phenoxy) is 2. The quantitative estimate of drug-likeness (QED) is 0.486. The van der Waals surface area contributed by atoms with E-state index in [-0.39, 0.29) is 17.8 Å². The molecule has 6 nitrogen and oxygen atoms in total. The molecule has 1 aromatic rings. The number of esters is 1. The number of hydrogen-bond donors (Lipinski definition) is 1. The maximum atomic E-state index is 11.7. The molecule has 6 atom stereocenters. The average molecular weight is 483 g/mol. The van der Waals surface area contributed by atoms with Crippen molar-refractivity contribution in [3.8, 4) is 5.75 Å². The SMILES string of the molecule is COc1ccc(C)cc1N1CCN(C[C@@H](C)[C@@H]2CC[C@@H](C)[C@]3(O)[C][C@@H](OC(C)=O)C(C)=C[C@H]23)CC1. The Morgan fingerprint density at radius 1 is 1.23 bits per heavy atom. The smallest absolute Gasteiger partial charge is 0.303 e. The van der Waals surface area contributed by atoms with Crippen molar-refractivity contribution in [2.24, 2.45) is 23.7 Å². The summed E-state index contributed by atoms with van der Waals surface area (Å²) in [5.74, 6) is 1.50. The second-order valence-electron chi connectivity index (χ2n) is 11.0. The van der Waals surface area contributed by atoms with Gasteiger partial charge in [0, 0.05) is 45.6 Å². The minimum atomic E-state index is -1.06. The highest BCUT2D eigenvalue weighted by Crippen LogP contribution is 2.51. The first kappa shape index (κ1) is 26.0. The molecule has 4 rings (SSSR count). The van der Waals surface area contributed by atoms with Crippen molar-refractivity contribution in [3.63, 3.8) is 0 Å². The predicted molar refractivity (Wildman–Crippen MR) is 138 cm³/mol. The summed E-state index contributed by atoms with van der Waals surface area (Å²) in [4.78, 5) is 16.6. The van der Waals surface area contributed by atoms with Crippen molar-refractivity contribution in [2.45, 2.75) is 59.2 Å². The molecule has 0 amide bonds. The molecule has 1 saturated heterocycles. The highest BCUT2D eigenvalue weighted by atomic mass is 16.5. The Morgan fingerprint density at radius 3 is 2.60 bits per heavy atom. The van der Waals surface area contributed by atoms with E-state index in [1.54, 1.807) is 7.11 Å². The van der Waals surface area contributed by atoms with Crippen LogP contribution in [0, 0.1) is 37.0 Å². The summed E-state index contributed by atoms with van der Waals surface area (Å²) in [7, 11) is 1.74. The highest BCUT2D eigenvalue weighted by molar-refractivity contribution is 5.67.